The Kier molecular flexibility index (Phi) is 5.31. The van der Waals surface area contributed by atoms with Crippen LogP contribution in [-0.4, -0.2) is 44.1 Å². The third-order valence-electron chi connectivity index (χ3n) is 5.47. The zero-order chi connectivity index (χ0) is 20.4. The Hall–Kier alpha value is -3.02. The molecule has 3 rings (SSSR count). The van der Waals surface area contributed by atoms with Gasteiger partial charge in [0.25, 0.3) is 0 Å². The van der Waals surface area contributed by atoms with E-state index in [2.05, 4.69) is 17.0 Å². The van der Waals surface area contributed by atoms with Gasteiger partial charge in [0.05, 0.1) is 33.2 Å². The van der Waals surface area contributed by atoms with Crippen LogP contribution in [0.4, 0.5) is 0 Å². The highest BCUT2D eigenvalue weighted by Gasteiger charge is 2.60. The SMILES string of the molecule is COC(=O)C1(c2ccc(OC)cc2OC)N=CN(Cc2ccccc2)C1(C)C. The Morgan fingerprint density at radius 3 is 2.36 bits per heavy atom. The van der Waals surface area contributed by atoms with Gasteiger partial charge in [-0.15, -0.1) is 0 Å². The number of rotatable bonds is 6. The zero-order valence-corrected chi connectivity index (χ0v) is 16.9. The molecule has 28 heavy (non-hydrogen) atoms. The maximum Gasteiger partial charge on any atom is 0.341 e. The molecule has 0 amide bonds. The summed E-state index contributed by atoms with van der Waals surface area (Å²) >= 11 is 0. The Labute approximate surface area is 165 Å². The molecular weight excluding hydrogens is 356 g/mol. The highest BCUT2D eigenvalue weighted by molar-refractivity contribution is 5.90. The molecular formula is C22H26N2O4. The van der Waals surface area contributed by atoms with E-state index < -0.39 is 17.0 Å². The molecule has 0 aromatic heterocycles. The Balaban J connectivity index is 2.11. The molecule has 0 saturated carbocycles. The van der Waals surface area contributed by atoms with E-state index in [1.807, 2.05) is 38.1 Å². The molecule has 2 aromatic carbocycles. The van der Waals surface area contributed by atoms with Gasteiger partial charge in [-0.3, -0.25) is 0 Å². The van der Waals surface area contributed by atoms with E-state index in [-0.39, 0.29) is 0 Å². The van der Waals surface area contributed by atoms with Gasteiger partial charge >= 0.3 is 5.97 Å². The lowest BCUT2D eigenvalue weighted by Crippen LogP contribution is -2.57. The van der Waals surface area contributed by atoms with Crippen LogP contribution in [-0.2, 0) is 21.6 Å². The van der Waals surface area contributed by atoms with Gasteiger partial charge in [-0.25, -0.2) is 9.79 Å². The number of ether oxygens (including phenoxy) is 3. The van der Waals surface area contributed by atoms with E-state index in [0.29, 0.717) is 23.6 Å². The van der Waals surface area contributed by atoms with Crippen LogP contribution >= 0.6 is 0 Å². The summed E-state index contributed by atoms with van der Waals surface area (Å²) in [4.78, 5) is 19.9. The molecule has 0 fully saturated rings. The molecule has 1 atom stereocenters. The van der Waals surface area contributed by atoms with Crippen LogP contribution < -0.4 is 9.47 Å². The lowest BCUT2D eigenvalue weighted by molar-refractivity contribution is -0.151. The molecule has 2 aromatic rings. The number of esters is 1. The quantitative estimate of drug-likeness (QED) is 0.717. The second-order valence-electron chi connectivity index (χ2n) is 7.19. The Bertz CT molecular complexity index is 879. The number of carbonyl (C=O) groups excluding carboxylic acids is 1. The monoisotopic (exact) mass is 382 g/mol. The van der Waals surface area contributed by atoms with Gasteiger partial charge < -0.3 is 19.1 Å². The normalized spacial score (nSPS) is 20.1. The number of aliphatic imine (C=N–C) groups is 1. The van der Waals surface area contributed by atoms with E-state index in [1.165, 1.54) is 7.11 Å². The first-order chi connectivity index (χ1) is 13.4. The minimum absolute atomic E-state index is 0.437. The predicted octanol–water partition coefficient (Wildman–Crippen LogP) is 3.39. The van der Waals surface area contributed by atoms with Crippen molar-refractivity contribution in [3.8, 4) is 11.5 Å². The lowest BCUT2D eigenvalue weighted by Gasteiger charge is -2.43. The molecule has 1 heterocycles. The summed E-state index contributed by atoms with van der Waals surface area (Å²) in [6.45, 7) is 4.60. The minimum atomic E-state index is -1.27. The summed E-state index contributed by atoms with van der Waals surface area (Å²) in [5.74, 6) is 0.728. The molecule has 1 aliphatic heterocycles. The van der Waals surface area contributed by atoms with Crippen LogP contribution in [0.5, 0.6) is 11.5 Å². The van der Waals surface area contributed by atoms with Crippen molar-refractivity contribution < 1.29 is 19.0 Å². The topological polar surface area (TPSA) is 60.4 Å². The maximum absolute atomic E-state index is 13.1. The van der Waals surface area contributed by atoms with Gasteiger partial charge in [-0.1, -0.05) is 30.3 Å². The van der Waals surface area contributed by atoms with Crippen LogP contribution in [0, 0.1) is 0 Å². The molecule has 148 valence electrons. The second-order valence-corrected chi connectivity index (χ2v) is 7.19. The number of carbonyl (C=O) groups is 1. The summed E-state index contributed by atoms with van der Waals surface area (Å²) in [7, 11) is 4.53. The third-order valence-corrected chi connectivity index (χ3v) is 5.47. The van der Waals surface area contributed by atoms with Gasteiger partial charge in [-0.05, 0) is 31.5 Å². The highest BCUT2D eigenvalue weighted by Crippen LogP contribution is 2.49. The lowest BCUT2D eigenvalue weighted by atomic mass is 9.74. The van der Waals surface area contributed by atoms with E-state index in [1.54, 1.807) is 32.7 Å². The van der Waals surface area contributed by atoms with Crippen LogP contribution in [0.1, 0.15) is 25.0 Å². The van der Waals surface area contributed by atoms with Crippen LogP contribution in [0.25, 0.3) is 0 Å². The fraction of sp³-hybridized carbons (Fsp3) is 0.364. The van der Waals surface area contributed by atoms with Crippen molar-refractivity contribution in [3.63, 3.8) is 0 Å². The van der Waals surface area contributed by atoms with E-state index in [9.17, 15) is 4.79 Å². The third kappa shape index (κ3) is 2.99. The van der Waals surface area contributed by atoms with E-state index in [0.717, 1.165) is 5.56 Å². The number of benzene rings is 2. The smallest absolute Gasteiger partial charge is 0.341 e. The molecule has 0 saturated heterocycles. The summed E-state index contributed by atoms with van der Waals surface area (Å²) in [6, 6.07) is 15.4. The van der Waals surface area contributed by atoms with Crippen molar-refractivity contribution in [2.24, 2.45) is 4.99 Å². The Morgan fingerprint density at radius 2 is 1.75 bits per heavy atom. The summed E-state index contributed by atoms with van der Waals surface area (Å²) in [5, 5.41) is 0. The highest BCUT2D eigenvalue weighted by atomic mass is 16.5. The van der Waals surface area contributed by atoms with Crippen LogP contribution in [0.3, 0.4) is 0 Å². The van der Waals surface area contributed by atoms with Crippen LogP contribution in [0.15, 0.2) is 53.5 Å². The van der Waals surface area contributed by atoms with Gasteiger partial charge in [0.2, 0.25) is 5.54 Å². The zero-order valence-electron chi connectivity index (χ0n) is 16.9. The number of nitrogens with zero attached hydrogens (tertiary/aromatic N) is 2. The molecule has 0 aliphatic carbocycles. The second kappa shape index (κ2) is 7.54. The minimum Gasteiger partial charge on any atom is -0.497 e. The molecule has 6 nitrogen and oxygen atoms in total. The van der Waals surface area contributed by atoms with Gasteiger partial charge in [-0.2, -0.15) is 0 Å². The summed E-state index contributed by atoms with van der Waals surface area (Å²) in [5.41, 5.74) is -0.199. The molecule has 0 radical (unpaired) electrons. The van der Waals surface area contributed by atoms with Crippen molar-refractivity contribution in [1.82, 2.24) is 4.90 Å². The largest absolute Gasteiger partial charge is 0.497 e. The maximum atomic E-state index is 13.1. The molecule has 0 bridgehead atoms. The molecule has 0 spiro atoms. The first-order valence-corrected chi connectivity index (χ1v) is 9.07. The van der Waals surface area contributed by atoms with Crippen molar-refractivity contribution in [1.29, 1.82) is 0 Å². The van der Waals surface area contributed by atoms with Crippen molar-refractivity contribution in [2.75, 3.05) is 21.3 Å². The molecule has 1 aliphatic rings. The van der Waals surface area contributed by atoms with Gasteiger partial charge in [0, 0.05) is 18.2 Å². The van der Waals surface area contributed by atoms with E-state index in [4.69, 9.17) is 19.2 Å². The number of methoxy groups -OCH3 is 3. The van der Waals surface area contributed by atoms with Crippen LogP contribution in [0.2, 0.25) is 0 Å². The Morgan fingerprint density at radius 1 is 1.04 bits per heavy atom. The summed E-state index contributed by atoms with van der Waals surface area (Å²) in [6.07, 6.45) is 1.73. The predicted molar refractivity (Wildman–Crippen MR) is 108 cm³/mol. The average Bonchev–Trinajstić information content (AvgIpc) is 2.98. The molecule has 1 unspecified atom stereocenters. The average molecular weight is 382 g/mol. The first-order valence-electron chi connectivity index (χ1n) is 9.07. The fourth-order valence-corrected chi connectivity index (χ4v) is 3.74. The standard InChI is InChI=1S/C22H26N2O4/c1-21(2)22(20(25)28-5,18-12-11-17(26-3)13-19(18)27-4)23-15-24(21)14-16-9-7-6-8-10-16/h6-13,15H,14H2,1-5H3. The van der Waals surface area contributed by atoms with E-state index >= 15 is 0 Å². The fourth-order valence-electron chi connectivity index (χ4n) is 3.74. The van der Waals surface area contributed by atoms with Gasteiger partial charge in [0.1, 0.15) is 11.5 Å². The number of hydrogen-bond acceptors (Lipinski definition) is 6. The number of hydrogen-bond donors (Lipinski definition) is 0. The summed E-state index contributed by atoms with van der Waals surface area (Å²) < 4.78 is 16.1. The van der Waals surface area contributed by atoms with Crippen molar-refractivity contribution in [2.45, 2.75) is 31.5 Å². The first kappa shape index (κ1) is 19.7. The van der Waals surface area contributed by atoms with Gasteiger partial charge in [0.15, 0.2) is 0 Å². The van der Waals surface area contributed by atoms with Crippen molar-refractivity contribution in [3.05, 3.63) is 59.7 Å². The molecule has 0 N–H and O–H groups in total. The van der Waals surface area contributed by atoms with Crippen molar-refractivity contribution >= 4 is 12.3 Å². The molecule has 6 heteroatoms.